The molecule has 0 bridgehead atoms. The summed E-state index contributed by atoms with van der Waals surface area (Å²) in [4.78, 5) is 2.07. The van der Waals surface area contributed by atoms with Gasteiger partial charge in [-0.1, -0.05) is 0 Å². The normalized spacial score (nSPS) is 20.8. The van der Waals surface area contributed by atoms with Crippen molar-refractivity contribution in [2.45, 2.75) is 18.9 Å². The fraction of sp³-hybridized carbons (Fsp3) is 0.571. The van der Waals surface area contributed by atoms with Crippen LogP contribution in [0.4, 0.5) is 8.78 Å². The fourth-order valence-corrected chi connectivity index (χ4v) is 2.49. The van der Waals surface area contributed by atoms with Crippen molar-refractivity contribution in [3.8, 4) is 0 Å². The summed E-state index contributed by atoms with van der Waals surface area (Å²) in [6.07, 6.45) is 0.988. The van der Waals surface area contributed by atoms with E-state index < -0.39 is 17.2 Å². The van der Waals surface area contributed by atoms with Crippen molar-refractivity contribution in [2.24, 2.45) is 0 Å². The summed E-state index contributed by atoms with van der Waals surface area (Å²) in [6, 6.07) is 3.19. The van der Waals surface area contributed by atoms with Gasteiger partial charge in [-0.2, -0.15) is 0 Å². The first-order valence-corrected chi connectivity index (χ1v) is 6.60. The molecule has 3 nitrogen and oxygen atoms in total. The van der Waals surface area contributed by atoms with Gasteiger partial charge in [-0.25, -0.2) is 8.78 Å². The number of β-amino-alcohol motifs (C(OH)–C–C–N with tert-alkyl or cyclic N) is 1. The Morgan fingerprint density at radius 1 is 1.32 bits per heavy atom. The van der Waals surface area contributed by atoms with Crippen LogP contribution >= 0.6 is 0 Å². The number of hydrogen-bond donors (Lipinski definition) is 2. The van der Waals surface area contributed by atoms with Crippen molar-refractivity contribution < 1.29 is 13.9 Å². The number of nitrogens with one attached hydrogen (secondary N) is 1. The third-order valence-electron chi connectivity index (χ3n) is 3.47. The standard InChI is InChI=1S/C14H20F2N2O/c1-14(19,10-18-7-2-5-17-6-8-18)12-9-11(15)3-4-13(12)16/h3-4,9,17,19H,2,5-8,10H2,1H3. The zero-order chi connectivity index (χ0) is 13.9. The van der Waals surface area contributed by atoms with Gasteiger partial charge >= 0.3 is 0 Å². The summed E-state index contributed by atoms with van der Waals surface area (Å²) in [5.74, 6) is -1.10. The van der Waals surface area contributed by atoms with E-state index in [1.165, 1.54) is 6.92 Å². The van der Waals surface area contributed by atoms with E-state index in [-0.39, 0.29) is 5.56 Å². The van der Waals surface area contributed by atoms with Gasteiger partial charge in [0.15, 0.2) is 0 Å². The molecule has 5 heteroatoms. The molecule has 1 aliphatic rings. The van der Waals surface area contributed by atoms with E-state index in [4.69, 9.17) is 0 Å². The smallest absolute Gasteiger partial charge is 0.129 e. The first-order valence-electron chi connectivity index (χ1n) is 6.60. The average Bonchev–Trinajstić information content (AvgIpc) is 2.60. The molecule has 2 rings (SSSR count). The van der Waals surface area contributed by atoms with Crippen LogP contribution in [0.2, 0.25) is 0 Å². The van der Waals surface area contributed by atoms with Gasteiger partial charge in [0.2, 0.25) is 0 Å². The van der Waals surface area contributed by atoms with Crippen molar-refractivity contribution >= 4 is 0 Å². The second-order valence-electron chi connectivity index (χ2n) is 5.28. The lowest BCUT2D eigenvalue weighted by molar-refractivity contribution is 0.0145. The molecule has 1 fully saturated rings. The highest BCUT2D eigenvalue weighted by molar-refractivity contribution is 5.25. The van der Waals surface area contributed by atoms with Gasteiger partial charge in [0, 0.05) is 25.2 Å². The average molecular weight is 270 g/mol. The first kappa shape index (κ1) is 14.4. The lowest BCUT2D eigenvalue weighted by Gasteiger charge is -2.31. The van der Waals surface area contributed by atoms with Gasteiger partial charge in [0.1, 0.15) is 17.2 Å². The molecule has 19 heavy (non-hydrogen) atoms. The molecule has 1 saturated heterocycles. The molecule has 1 heterocycles. The number of hydrogen-bond acceptors (Lipinski definition) is 3. The van der Waals surface area contributed by atoms with Crippen molar-refractivity contribution in [1.82, 2.24) is 10.2 Å². The third kappa shape index (κ3) is 3.72. The van der Waals surface area contributed by atoms with Gasteiger partial charge in [-0.15, -0.1) is 0 Å². The molecular formula is C14H20F2N2O. The van der Waals surface area contributed by atoms with Gasteiger partial charge in [-0.05, 0) is 44.6 Å². The Kier molecular flexibility index (Phi) is 4.50. The summed E-state index contributed by atoms with van der Waals surface area (Å²) in [5, 5.41) is 13.7. The second kappa shape index (κ2) is 5.94. The maximum Gasteiger partial charge on any atom is 0.129 e. The topological polar surface area (TPSA) is 35.5 Å². The van der Waals surface area contributed by atoms with Crippen molar-refractivity contribution in [1.29, 1.82) is 0 Å². The molecule has 1 unspecified atom stereocenters. The molecule has 0 radical (unpaired) electrons. The van der Waals surface area contributed by atoms with Crippen LogP contribution in [-0.4, -0.2) is 42.7 Å². The summed E-state index contributed by atoms with van der Waals surface area (Å²) >= 11 is 0. The molecule has 0 aliphatic carbocycles. The number of nitrogens with zero attached hydrogens (tertiary/aromatic N) is 1. The Hall–Kier alpha value is -1.04. The van der Waals surface area contributed by atoms with Crippen LogP contribution in [0.5, 0.6) is 0 Å². The quantitative estimate of drug-likeness (QED) is 0.873. The molecular weight excluding hydrogens is 250 g/mol. The fourth-order valence-electron chi connectivity index (χ4n) is 2.49. The summed E-state index contributed by atoms with van der Waals surface area (Å²) in [5.41, 5.74) is -1.37. The molecule has 1 atom stereocenters. The molecule has 0 saturated carbocycles. The predicted molar refractivity (Wildman–Crippen MR) is 69.9 cm³/mol. The molecule has 1 aromatic rings. The van der Waals surface area contributed by atoms with Crippen LogP contribution in [0.25, 0.3) is 0 Å². The van der Waals surface area contributed by atoms with Crippen LogP contribution in [-0.2, 0) is 5.60 Å². The van der Waals surface area contributed by atoms with Crippen LogP contribution in [0.3, 0.4) is 0 Å². The van der Waals surface area contributed by atoms with Crippen molar-refractivity contribution in [2.75, 3.05) is 32.7 Å². The highest BCUT2D eigenvalue weighted by atomic mass is 19.1. The Balaban J connectivity index is 2.14. The lowest BCUT2D eigenvalue weighted by Crippen LogP contribution is -2.41. The van der Waals surface area contributed by atoms with Gasteiger partial charge in [0.05, 0.1) is 0 Å². The Bertz CT molecular complexity index is 429. The van der Waals surface area contributed by atoms with E-state index in [2.05, 4.69) is 10.2 Å². The number of benzene rings is 1. The van der Waals surface area contributed by atoms with Crippen LogP contribution in [0.1, 0.15) is 18.9 Å². The van der Waals surface area contributed by atoms with Crippen molar-refractivity contribution in [3.05, 3.63) is 35.4 Å². The highest BCUT2D eigenvalue weighted by Crippen LogP contribution is 2.25. The van der Waals surface area contributed by atoms with E-state index in [9.17, 15) is 13.9 Å². The van der Waals surface area contributed by atoms with Crippen LogP contribution in [0, 0.1) is 11.6 Å². The first-order chi connectivity index (χ1) is 8.99. The van der Waals surface area contributed by atoms with Gasteiger partial charge in [0.25, 0.3) is 0 Å². The molecule has 0 aromatic heterocycles. The molecule has 2 N–H and O–H groups in total. The predicted octanol–water partition coefficient (Wildman–Crippen LogP) is 1.47. The molecule has 0 spiro atoms. The Labute approximate surface area is 112 Å². The molecule has 106 valence electrons. The summed E-state index contributed by atoms with van der Waals surface area (Å²) in [7, 11) is 0. The number of aliphatic hydroxyl groups is 1. The summed E-state index contributed by atoms with van der Waals surface area (Å²) in [6.45, 7) is 5.28. The molecule has 1 aliphatic heterocycles. The van der Waals surface area contributed by atoms with E-state index in [0.29, 0.717) is 6.54 Å². The monoisotopic (exact) mass is 270 g/mol. The molecule has 1 aromatic carbocycles. The third-order valence-corrected chi connectivity index (χ3v) is 3.47. The second-order valence-corrected chi connectivity index (χ2v) is 5.28. The zero-order valence-corrected chi connectivity index (χ0v) is 11.1. The van der Waals surface area contributed by atoms with Crippen molar-refractivity contribution in [3.63, 3.8) is 0 Å². The molecule has 0 amide bonds. The van der Waals surface area contributed by atoms with E-state index in [1.807, 2.05) is 0 Å². The minimum atomic E-state index is -1.39. The van der Waals surface area contributed by atoms with E-state index in [1.54, 1.807) is 0 Å². The van der Waals surface area contributed by atoms with E-state index >= 15 is 0 Å². The van der Waals surface area contributed by atoms with E-state index in [0.717, 1.165) is 50.8 Å². The Morgan fingerprint density at radius 2 is 2.11 bits per heavy atom. The van der Waals surface area contributed by atoms with Gasteiger partial charge < -0.3 is 10.4 Å². The van der Waals surface area contributed by atoms with Crippen LogP contribution in [0.15, 0.2) is 18.2 Å². The highest BCUT2D eigenvalue weighted by Gasteiger charge is 2.29. The maximum atomic E-state index is 13.7. The maximum absolute atomic E-state index is 13.7. The number of halogens is 2. The lowest BCUT2D eigenvalue weighted by atomic mass is 9.94. The van der Waals surface area contributed by atoms with Gasteiger partial charge in [-0.3, -0.25) is 4.90 Å². The largest absolute Gasteiger partial charge is 0.384 e. The summed E-state index contributed by atoms with van der Waals surface area (Å²) < 4.78 is 27.0. The Morgan fingerprint density at radius 3 is 2.89 bits per heavy atom. The number of rotatable bonds is 3. The zero-order valence-electron chi connectivity index (χ0n) is 11.1. The SMILES string of the molecule is CC(O)(CN1CCCNCC1)c1cc(F)ccc1F. The minimum Gasteiger partial charge on any atom is -0.384 e. The minimum absolute atomic E-state index is 0.0182. The van der Waals surface area contributed by atoms with Crippen LogP contribution < -0.4 is 5.32 Å².